The van der Waals surface area contributed by atoms with Crippen LogP contribution >= 0.6 is 0 Å². The predicted molar refractivity (Wildman–Crippen MR) is 73.5 cm³/mol. The van der Waals surface area contributed by atoms with Gasteiger partial charge in [0.05, 0.1) is 65.4 Å². The molecule has 0 radical (unpaired) electrons. The minimum atomic E-state index is 0.516. The van der Waals surface area contributed by atoms with E-state index in [0.29, 0.717) is 66.1 Å². The Morgan fingerprint density at radius 2 is 0.700 bits per heavy atom. The van der Waals surface area contributed by atoms with E-state index >= 15 is 0 Å². The molecule has 116 valence electrons. The topological polar surface area (TPSA) is 55.4 Å². The van der Waals surface area contributed by atoms with Crippen molar-refractivity contribution in [3.63, 3.8) is 0 Å². The molecule has 0 spiro atoms. The molecule has 0 aliphatic carbocycles. The van der Waals surface area contributed by atoms with E-state index in [2.05, 4.69) is 0 Å². The van der Waals surface area contributed by atoms with Crippen LogP contribution in [0.15, 0.2) is 24.7 Å². The van der Waals surface area contributed by atoms with Crippen LogP contribution in [0.25, 0.3) is 0 Å². The van der Waals surface area contributed by atoms with Gasteiger partial charge in [-0.1, -0.05) is 0 Å². The van der Waals surface area contributed by atoms with Crippen LogP contribution in [0.3, 0.4) is 0 Å². The third kappa shape index (κ3) is 12.0. The van der Waals surface area contributed by atoms with Crippen molar-refractivity contribution in [3.8, 4) is 0 Å². The Morgan fingerprint density at radius 3 is 1.05 bits per heavy atom. The molecule has 0 amide bonds. The van der Waals surface area contributed by atoms with Crippen molar-refractivity contribution in [2.24, 2.45) is 0 Å². The Hall–Kier alpha value is -1.08. The Morgan fingerprint density at radius 1 is 0.400 bits per heavy atom. The molecule has 0 saturated carbocycles. The first-order chi connectivity index (χ1) is 10.0. The van der Waals surface area contributed by atoms with Crippen LogP contribution in [0, 0.1) is 0 Å². The van der Waals surface area contributed by atoms with Gasteiger partial charge in [-0.3, -0.25) is 0 Å². The van der Waals surface area contributed by atoms with Gasteiger partial charge in [0.25, 0.3) is 0 Å². The number of ether oxygens (including phenoxy) is 6. The van der Waals surface area contributed by atoms with Crippen molar-refractivity contribution < 1.29 is 28.4 Å². The van der Waals surface area contributed by atoms with Crippen LogP contribution < -0.4 is 0 Å². The molecule has 6 nitrogen and oxygen atoms in total. The molecule has 0 aromatic rings. The van der Waals surface area contributed by atoms with Gasteiger partial charge >= 0.3 is 0 Å². The summed E-state index contributed by atoms with van der Waals surface area (Å²) in [7, 11) is 0. The Bertz CT molecular complexity index is 228. The van der Waals surface area contributed by atoms with Crippen molar-refractivity contribution in [3.05, 3.63) is 24.7 Å². The third-order valence-corrected chi connectivity index (χ3v) is 2.27. The van der Waals surface area contributed by atoms with Crippen LogP contribution in [0.4, 0.5) is 0 Å². The molecule has 0 aromatic heterocycles. The van der Waals surface area contributed by atoms with Gasteiger partial charge in [0, 0.05) is 0 Å². The van der Waals surface area contributed by atoms with Crippen LogP contribution in [0.2, 0.25) is 0 Å². The lowest BCUT2D eigenvalue weighted by Gasteiger charge is -2.07. The highest BCUT2D eigenvalue weighted by molar-refractivity contribution is 4.96. The maximum absolute atomic E-state index is 5.34. The Labute approximate surface area is 120 Å². The smallest absolute Gasteiger partial charge is 0.111 e. The number of rotatable bonds is 0. The van der Waals surface area contributed by atoms with Gasteiger partial charge in [-0.05, 0) is 12.2 Å². The first kappa shape index (κ1) is 17.0. The predicted octanol–water partition coefficient (Wildman–Crippen LogP) is 1.13. The quantitative estimate of drug-likeness (QED) is 0.666. The molecule has 0 fully saturated rings. The van der Waals surface area contributed by atoms with Gasteiger partial charge in [-0.15, -0.1) is 0 Å². The molecule has 0 N–H and O–H groups in total. The summed E-state index contributed by atoms with van der Waals surface area (Å²) in [6, 6.07) is 0. The molecule has 1 aliphatic rings. The summed E-state index contributed by atoms with van der Waals surface area (Å²) in [5, 5.41) is 0. The molecule has 0 aromatic carbocycles. The second-order valence-corrected chi connectivity index (χ2v) is 3.85. The molecule has 0 bridgehead atoms. The summed E-state index contributed by atoms with van der Waals surface area (Å²) >= 11 is 0. The molecule has 1 heterocycles. The minimum absolute atomic E-state index is 0.516. The lowest BCUT2D eigenvalue weighted by atomic mass is 10.6. The average Bonchev–Trinajstić information content (AvgIpc) is 2.46. The average molecular weight is 288 g/mol. The molecular weight excluding hydrogens is 264 g/mol. The van der Waals surface area contributed by atoms with Crippen molar-refractivity contribution >= 4 is 0 Å². The van der Waals surface area contributed by atoms with E-state index < -0.39 is 0 Å². The number of hydrogen-bond acceptors (Lipinski definition) is 6. The maximum Gasteiger partial charge on any atom is 0.111 e. The monoisotopic (exact) mass is 288 g/mol. The van der Waals surface area contributed by atoms with Gasteiger partial charge in [-0.25, -0.2) is 0 Å². The lowest BCUT2D eigenvalue weighted by Crippen LogP contribution is -2.13. The van der Waals surface area contributed by atoms with Gasteiger partial charge in [0.2, 0.25) is 0 Å². The summed E-state index contributed by atoms with van der Waals surface area (Å²) in [4.78, 5) is 0. The van der Waals surface area contributed by atoms with E-state index in [9.17, 15) is 0 Å². The Balaban J connectivity index is 2.12. The first-order valence-electron chi connectivity index (χ1n) is 6.86. The minimum Gasteiger partial charge on any atom is -0.499 e. The highest BCUT2D eigenvalue weighted by atomic mass is 16.6. The zero-order valence-electron chi connectivity index (χ0n) is 11.8. The molecular formula is C14H24O6. The van der Waals surface area contributed by atoms with Gasteiger partial charge in [0.1, 0.15) is 13.2 Å². The van der Waals surface area contributed by atoms with Crippen molar-refractivity contribution in [2.45, 2.75) is 0 Å². The summed E-state index contributed by atoms with van der Waals surface area (Å²) < 4.78 is 31.8. The molecule has 0 atom stereocenters. The lowest BCUT2D eigenvalue weighted by molar-refractivity contribution is -0.00974. The van der Waals surface area contributed by atoms with Crippen LogP contribution in [0.5, 0.6) is 0 Å². The number of allylic oxidation sites excluding steroid dienone is 2. The fourth-order valence-electron chi connectivity index (χ4n) is 1.31. The highest BCUT2D eigenvalue weighted by Gasteiger charge is 1.93. The molecule has 1 rings (SSSR count). The fraction of sp³-hybridized carbons (Fsp3) is 0.714. The van der Waals surface area contributed by atoms with E-state index in [1.54, 1.807) is 24.7 Å². The van der Waals surface area contributed by atoms with Gasteiger partial charge < -0.3 is 28.4 Å². The largest absolute Gasteiger partial charge is 0.499 e. The second-order valence-electron chi connectivity index (χ2n) is 3.85. The fourth-order valence-corrected chi connectivity index (χ4v) is 1.31. The molecule has 6 heteroatoms. The normalized spacial score (nSPS) is 21.6. The number of hydrogen-bond donors (Lipinski definition) is 0. The SMILES string of the molecule is C1=COCCOCCOCCOCCOCCOC=C1. The third-order valence-electron chi connectivity index (χ3n) is 2.27. The summed E-state index contributed by atoms with van der Waals surface area (Å²) in [5.41, 5.74) is 0. The van der Waals surface area contributed by atoms with Gasteiger partial charge in [-0.2, -0.15) is 0 Å². The van der Waals surface area contributed by atoms with E-state index in [1.165, 1.54) is 0 Å². The molecule has 1 aliphatic heterocycles. The Kier molecular flexibility index (Phi) is 12.2. The molecule has 0 saturated heterocycles. The zero-order chi connectivity index (χ0) is 14.1. The summed E-state index contributed by atoms with van der Waals surface area (Å²) in [6.45, 7) is 5.50. The molecule has 20 heavy (non-hydrogen) atoms. The van der Waals surface area contributed by atoms with Gasteiger partial charge in [0.15, 0.2) is 0 Å². The van der Waals surface area contributed by atoms with Crippen molar-refractivity contribution in [2.75, 3.05) is 66.1 Å². The van der Waals surface area contributed by atoms with Crippen LogP contribution in [0.1, 0.15) is 0 Å². The van der Waals surface area contributed by atoms with E-state index in [-0.39, 0.29) is 0 Å². The van der Waals surface area contributed by atoms with E-state index in [1.807, 2.05) is 0 Å². The summed E-state index contributed by atoms with van der Waals surface area (Å²) in [5.74, 6) is 0. The van der Waals surface area contributed by atoms with Crippen molar-refractivity contribution in [1.82, 2.24) is 0 Å². The second kappa shape index (κ2) is 14.3. The van der Waals surface area contributed by atoms with E-state index in [4.69, 9.17) is 28.4 Å². The van der Waals surface area contributed by atoms with Crippen LogP contribution in [-0.4, -0.2) is 66.1 Å². The van der Waals surface area contributed by atoms with E-state index in [0.717, 1.165) is 0 Å². The highest BCUT2D eigenvalue weighted by Crippen LogP contribution is 1.87. The molecule has 0 unspecified atom stereocenters. The summed E-state index contributed by atoms with van der Waals surface area (Å²) in [6.07, 6.45) is 6.73. The van der Waals surface area contributed by atoms with Crippen LogP contribution in [-0.2, 0) is 28.4 Å². The van der Waals surface area contributed by atoms with Crippen molar-refractivity contribution in [1.29, 1.82) is 0 Å². The first-order valence-corrected chi connectivity index (χ1v) is 6.86. The standard InChI is InChI=1S/C14H24O6/c1-2-4-16-6-8-18-10-12-20-14-13-19-11-9-17-7-5-15-3-1/h1-4H,5-14H2. The maximum atomic E-state index is 5.34. The zero-order valence-corrected chi connectivity index (χ0v) is 11.8.